The predicted molar refractivity (Wildman–Crippen MR) is 89.0 cm³/mol. The molecule has 0 aliphatic carbocycles. The van der Waals surface area contributed by atoms with E-state index in [2.05, 4.69) is 20.5 Å². The van der Waals surface area contributed by atoms with E-state index in [0.29, 0.717) is 12.5 Å². The Bertz CT molecular complexity index is 646. The number of hydrogen-bond acceptors (Lipinski definition) is 6. The normalized spacial score (nSPS) is 19.9. The minimum absolute atomic E-state index is 0.00423. The van der Waals surface area contributed by atoms with Crippen molar-refractivity contribution in [2.24, 2.45) is 5.92 Å². The van der Waals surface area contributed by atoms with Crippen molar-refractivity contribution in [2.45, 2.75) is 51.0 Å². The van der Waals surface area contributed by atoms with E-state index in [1.54, 1.807) is 6.92 Å². The summed E-state index contributed by atoms with van der Waals surface area (Å²) in [6.07, 6.45) is 3.21. The van der Waals surface area contributed by atoms with Crippen LogP contribution in [0.3, 0.4) is 0 Å². The number of nitrogens with one attached hydrogen (secondary N) is 3. The third-order valence-corrected chi connectivity index (χ3v) is 6.00. The first-order valence-electron chi connectivity index (χ1n) is 8.25. The molecule has 1 saturated heterocycles. The van der Waals surface area contributed by atoms with Crippen LogP contribution in [0, 0.1) is 19.8 Å². The van der Waals surface area contributed by atoms with E-state index in [1.165, 1.54) is 13.8 Å². The number of sulfonamides is 1. The molecule has 2 unspecified atom stereocenters. The summed E-state index contributed by atoms with van der Waals surface area (Å²) in [7, 11) is -3.85. The highest BCUT2D eigenvalue weighted by molar-refractivity contribution is 7.89. The molecule has 9 heteroatoms. The smallest absolute Gasteiger partial charge is 0.246 e. The molecule has 1 aliphatic heterocycles. The molecule has 1 aliphatic rings. The van der Waals surface area contributed by atoms with Crippen molar-refractivity contribution >= 4 is 15.9 Å². The van der Waals surface area contributed by atoms with Gasteiger partial charge in [0.2, 0.25) is 15.9 Å². The van der Waals surface area contributed by atoms with Crippen LogP contribution in [0.25, 0.3) is 0 Å². The maximum Gasteiger partial charge on any atom is 0.246 e. The number of rotatable bonds is 7. The number of nitrogens with zero attached hydrogens (tertiary/aromatic N) is 1. The van der Waals surface area contributed by atoms with Crippen LogP contribution < -0.4 is 15.4 Å². The monoisotopic (exact) mass is 358 g/mol. The van der Waals surface area contributed by atoms with Crippen LogP contribution in [-0.2, 0) is 14.8 Å². The second-order valence-corrected chi connectivity index (χ2v) is 7.94. The Morgan fingerprint density at radius 3 is 2.79 bits per heavy atom. The number of amides is 1. The minimum atomic E-state index is -3.85. The number of carbonyl (C=O) groups excluding carboxylic acids is 1. The summed E-state index contributed by atoms with van der Waals surface area (Å²) in [5.41, 5.74) is 0.275. The van der Waals surface area contributed by atoms with E-state index in [-0.39, 0.29) is 22.3 Å². The zero-order valence-corrected chi connectivity index (χ0v) is 15.2. The van der Waals surface area contributed by atoms with Crippen LogP contribution in [0.4, 0.5) is 0 Å². The summed E-state index contributed by atoms with van der Waals surface area (Å²) >= 11 is 0. The first-order chi connectivity index (χ1) is 11.3. The van der Waals surface area contributed by atoms with Crippen molar-refractivity contribution in [3.8, 4) is 0 Å². The lowest BCUT2D eigenvalue weighted by atomic mass is 9.96. The van der Waals surface area contributed by atoms with Gasteiger partial charge >= 0.3 is 0 Å². The number of aryl methyl sites for hydroxylation is 2. The molecule has 0 aromatic carbocycles. The Balaban J connectivity index is 1.84. The summed E-state index contributed by atoms with van der Waals surface area (Å²) in [5, 5.41) is 9.76. The molecular weight excluding hydrogens is 332 g/mol. The number of hydrogen-bond donors (Lipinski definition) is 3. The summed E-state index contributed by atoms with van der Waals surface area (Å²) in [6, 6.07) is -0.867. The number of aromatic nitrogens is 1. The van der Waals surface area contributed by atoms with Gasteiger partial charge in [0.25, 0.3) is 0 Å². The van der Waals surface area contributed by atoms with Gasteiger partial charge in [-0.3, -0.25) is 4.79 Å². The molecule has 24 heavy (non-hydrogen) atoms. The van der Waals surface area contributed by atoms with Gasteiger partial charge in [0.15, 0.2) is 5.76 Å². The van der Waals surface area contributed by atoms with Gasteiger partial charge in [-0.05, 0) is 59.0 Å². The van der Waals surface area contributed by atoms with Crippen molar-refractivity contribution in [3.05, 3.63) is 11.5 Å². The highest BCUT2D eigenvalue weighted by Crippen LogP contribution is 2.19. The zero-order valence-electron chi connectivity index (χ0n) is 14.4. The van der Waals surface area contributed by atoms with Gasteiger partial charge in [0, 0.05) is 6.54 Å². The fourth-order valence-corrected chi connectivity index (χ4v) is 4.46. The van der Waals surface area contributed by atoms with Crippen LogP contribution in [0.5, 0.6) is 0 Å². The van der Waals surface area contributed by atoms with E-state index in [9.17, 15) is 13.2 Å². The minimum Gasteiger partial charge on any atom is -0.360 e. The Labute approximate surface area is 142 Å². The van der Waals surface area contributed by atoms with Gasteiger partial charge in [-0.1, -0.05) is 5.16 Å². The van der Waals surface area contributed by atoms with Gasteiger partial charge in [0.05, 0.1) is 6.04 Å². The van der Waals surface area contributed by atoms with Crippen LogP contribution in [0.2, 0.25) is 0 Å². The SMILES string of the molecule is Cc1noc(C)c1S(=O)(=O)NC(C)C(=O)NCCC1CCCNC1. The Kier molecular flexibility index (Phi) is 6.36. The number of carbonyl (C=O) groups is 1. The van der Waals surface area contributed by atoms with E-state index in [4.69, 9.17) is 4.52 Å². The zero-order chi connectivity index (χ0) is 17.7. The topological polar surface area (TPSA) is 113 Å². The lowest BCUT2D eigenvalue weighted by Gasteiger charge is -2.23. The van der Waals surface area contributed by atoms with Crippen molar-refractivity contribution in [2.75, 3.05) is 19.6 Å². The second-order valence-electron chi connectivity index (χ2n) is 6.29. The molecule has 2 rings (SSSR count). The standard InChI is InChI=1S/C15H26N4O4S/c1-10-14(12(3)23-18-10)24(21,22)19-11(2)15(20)17-8-6-13-5-4-7-16-9-13/h11,13,16,19H,4-9H2,1-3H3,(H,17,20). The van der Waals surface area contributed by atoms with Crippen molar-refractivity contribution in [3.63, 3.8) is 0 Å². The van der Waals surface area contributed by atoms with Gasteiger partial charge in [-0.25, -0.2) is 8.42 Å². The molecule has 1 aromatic rings. The van der Waals surface area contributed by atoms with Crippen LogP contribution in [0.15, 0.2) is 9.42 Å². The first kappa shape index (κ1) is 18.9. The molecule has 0 spiro atoms. The van der Waals surface area contributed by atoms with Crippen molar-refractivity contribution in [1.29, 1.82) is 0 Å². The fraction of sp³-hybridized carbons (Fsp3) is 0.733. The maximum absolute atomic E-state index is 12.4. The van der Waals surface area contributed by atoms with E-state index in [1.807, 2.05) is 0 Å². The molecule has 2 atom stereocenters. The quantitative estimate of drug-likeness (QED) is 0.653. The molecule has 8 nitrogen and oxygen atoms in total. The largest absolute Gasteiger partial charge is 0.360 e. The molecule has 0 bridgehead atoms. The molecule has 0 radical (unpaired) electrons. The highest BCUT2D eigenvalue weighted by Gasteiger charge is 2.28. The van der Waals surface area contributed by atoms with E-state index >= 15 is 0 Å². The van der Waals surface area contributed by atoms with Crippen LogP contribution in [-0.4, -0.2) is 45.2 Å². The second kappa shape index (κ2) is 8.09. The first-order valence-corrected chi connectivity index (χ1v) is 9.73. The number of piperidine rings is 1. The van der Waals surface area contributed by atoms with Crippen molar-refractivity contribution in [1.82, 2.24) is 20.5 Å². The Morgan fingerprint density at radius 2 is 2.21 bits per heavy atom. The summed E-state index contributed by atoms with van der Waals surface area (Å²) in [6.45, 7) is 7.18. The maximum atomic E-state index is 12.4. The molecule has 0 saturated carbocycles. The highest BCUT2D eigenvalue weighted by atomic mass is 32.2. The average molecular weight is 358 g/mol. The summed E-state index contributed by atoms with van der Waals surface area (Å²) in [4.78, 5) is 12.1. The molecule has 136 valence electrons. The Morgan fingerprint density at radius 1 is 1.46 bits per heavy atom. The molecule has 1 amide bonds. The molecular formula is C15H26N4O4S. The van der Waals surface area contributed by atoms with Crippen LogP contribution >= 0.6 is 0 Å². The molecule has 2 heterocycles. The van der Waals surface area contributed by atoms with E-state index in [0.717, 1.165) is 32.4 Å². The van der Waals surface area contributed by atoms with Gasteiger partial charge in [-0.15, -0.1) is 0 Å². The predicted octanol–water partition coefficient (Wildman–Crippen LogP) is 0.464. The van der Waals surface area contributed by atoms with Crippen molar-refractivity contribution < 1.29 is 17.7 Å². The third kappa shape index (κ3) is 4.78. The third-order valence-electron chi connectivity index (χ3n) is 4.21. The summed E-state index contributed by atoms with van der Waals surface area (Å²) < 4.78 is 32.0. The van der Waals surface area contributed by atoms with Gasteiger partial charge in [0.1, 0.15) is 10.6 Å². The molecule has 1 aromatic heterocycles. The summed E-state index contributed by atoms with van der Waals surface area (Å²) in [5.74, 6) is 0.430. The van der Waals surface area contributed by atoms with E-state index < -0.39 is 16.1 Å². The fourth-order valence-electron chi connectivity index (χ4n) is 2.93. The van der Waals surface area contributed by atoms with Gasteiger partial charge < -0.3 is 15.2 Å². The lowest BCUT2D eigenvalue weighted by molar-refractivity contribution is -0.122. The average Bonchev–Trinajstić information content (AvgIpc) is 2.87. The van der Waals surface area contributed by atoms with Crippen LogP contribution in [0.1, 0.15) is 37.6 Å². The van der Waals surface area contributed by atoms with Gasteiger partial charge in [-0.2, -0.15) is 4.72 Å². The molecule has 1 fully saturated rings. The molecule has 3 N–H and O–H groups in total. The Hall–Kier alpha value is -1.45. The lowest BCUT2D eigenvalue weighted by Crippen LogP contribution is -2.45.